The summed E-state index contributed by atoms with van der Waals surface area (Å²) < 4.78 is 11.2. The van der Waals surface area contributed by atoms with Gasteiger partial charge in [-0.1, -0.05) is 25.1 Å². The van der Waals surface area contributed by atoms with E-state index < -0.39 is 0 Å². The molecule has 0 spiro atoms. The fourth-order valence-electron chi connectivity index (χ4n) is 4.00. The second kappa shape index (κ2) is 11.2. The Bertz CT molecular complexity index is 1210. The molecule has 1 aromatic heterocycles. The predicted octanol–water partition coefficient (Wildman–Crippen LogP) is 5.57. The van der Waals surface area contributed by atoms with Gasteiger partial charge < -0.3 is 14.8 Å². The van der Waals surface area contributed by atoms with Gasteiger partial charge in [-0.3, -0.25) is 9.59 Å². The Morgan fingerprint density at radius 3 is 2.60 bits per heavy atom. The summed E-state index contributed by atoms with van der Waals surface area (Å²) in [6, 6.07) is 16.9. The Balaban J connectivity index is 1.52. The van der Waals surface area contributed by atoms with Crippen LogP contribution >= 0.6 is 11.3 Å². The number of hydrogen-bond donors (Lipinski definition) is 1. The second-order valence-corrected chi connectivity index (χ2v) is 9.12. The molecule has 0 fully saturated rings. The fourth-order valence-corrected chi connectivity index (χ4v) is 4.62. The number of nitrogens with one attached hydrogen (secondary N) is 1. The lowest BCUT2D eigenvalue weighted by atomic mass is 9.89. The Morgan fingerprint density at radius 2 is 1.94 bits per heavy atom. The van der Waals surface area contributed by atoms with Crippen LogP contribution in [0.4, 0.5) is 5.69 Å². The monoisotopic (exact) mass is 491 g/mol. The highest BCUT2D eigenvalue weighted by Gasteiger charge is 2.29. The lowest BCUT2D eigenvalue weighted by Crippen LogP contribution is -2.36. The molecule has 0 radical (unpaired) electrons. The van der Waals surface area contributed by atoms with Gasteiger partial charge in [0.1, 0.15) is 0 Å². The van der Waals surface area contributed by atoms with Crippen molar-refractivity contribution in [3.63, 3.8) is 0 Å². The molecule has 1 aliphatic rings. The molecule has 2 amide bonds. The van der Waals surface area contributed by atoms with Gasteiger partial charge in [0.05, 0.1) is 30.9 Å². The van der Waals surface area contributed by atoms with Gasteiger partial charge in [0.2, 0.25) is 5.91 Å². The number of nitrogens with zero attached hydrogens (tertiary/aromatic N) is 2. The Morgan fingerprint density at radius 1 is 1.14 bits per heavy atom. The maximum absolute atomic E-state index is 12.9. The number of anilines is 1. The van der Waals surface area contributed by atoms with Crippen molar-refractivity contribution in [1.29, 1.82) is 0 Å². The van der Waals surface area contributed by atoms with Crippen molar-refractivity contribution in [1.82, 2.24) is 5.01 Å². The van der Waals surface area contributed by atoms with Crippen molar-refractivity contribution in [3.8, 4) is 11.5 Å². The third kappa shape index (κ3) is 5.71. The molecule has 2 aromatic carbocycles. The number of amides is 2. The maximum atomic E-state index is 12.9. The van der Waals surface area contributed by atoms with Crippen LogP contribution < -0.4 is 14.8 Å². The Kier molecular flexibility index (Phi) is 7.82. The van der Waals surface area contributed by atoms with Crippen LogP contribution in [0.2, 0.25) is 0 Å². The van der Waals surface area contributed by atoms with Crippen LogP contribution in [0.3, 0.4) is 0 Å². The van der Waals surface area contributed by atoms with Crippen molar-refractivity contribution in [2.24, 2.45) is 11.0 Å². The molecule has 1 aliphatic heterocycles. The summed E-state index contributed by atoms with van der Waals surface area (Å²) in [5.41, 5.74) is 3.42. The standard InChI is InChI=1S/C27H29N3O4S/c1-4-19-16-25(31)30(29-26(19)20-10-13-22(34-5-2)23(15-20)33-3)17-18-8-11-21(12-9-18)28-27(32)24-7-6-14-35-24/h6-15,19H,4-5,16-17H2,1-3H3,(H,28,32). The molecule has 4 rings (SSSR count). The first-order valence-electron chi connectivity index (χ1n) is 11.7. The zero-order chi connectivity index (χ0) is 24.8. The number of hydrogen-bond acceptors (Lipinski definition) is 6. The third-order valence-electron chi connectivity index (χ3n) is 5.87. The second-order valence-electron chi connectivity index (χ2n) is 8.17. The molecular weight excluding hydrogens is 462 g/mol. The van der Waals surface area contributed by atoms with Gasteiger partial charge in [0.15, 0.2) is 11.5 Å². The normalized spacial score (nSPS) is 15.5. The molecule has 0 bridgehead atoms. The molecular formula is C27H29N3O4S. The topological polar surface area (TPSA) is 80.2 Å². The van der Waals surface area contributed by atoms with Crippen LogP contribution in [0.1, 0.15) is 47.5 Å². The lowest BCUT2D eigenvalue weighted by molar-refractivity contribution is -0.133. The highest BCUT2D eigenvalue weighted by molar-refractivity contribution is 7.12. The number of thiophene rings is 1. The van der Waals surface area contributed by atoms with Gasteiger partial charge in [-0.05, 0) is 60.7 Å². The molecule has 3 aromatic rings. The maximum Gasteiger partial charge on any atom is 0.265 e. The van der Waals surface area contributed by atoms with Crippen LogP contribution in [-0.4, -0.2) is 36.3 Å². The van der Waals surface area contributed by atoms with Crippen LogP contribution in [0.5, 0.6) is 11.5 Å². The van der Waals surface area contributed by atoms with E-state index in [0.29, 0.717) is 41.6 Å². The molecule has 7 nitrogen and oxygen atoms in total. The zero-order valence-electron chi connectivity index (χ0n) is 20.1. The average Bonchev–Trinajstić information content (AvgIpc) is 3.42. The molecule has 0 aliphatic carbocycles. The van der Waals surface area contributed by atoms with Crippen molar-refractivity contribution in [2.75, 3.05) is 19.0 Å². The van der Waals surface area contributed by atoms with Crippen LogP contribution in [0.25, 0.3) is 0 Å². The van der Waals surface area contributed by atoms with E-state index in [2.05, 4.69) is 12.2 Å². The summed E-state index contributed by atoms with van der Waals surface area (Å²) in [6.07, 6.45) is 1.21. The van der Waals surface area contributed by atoms with Gasteiger partial charge in [-0.15, -0.1) is 11.3 Å². The summed E-state index contributed by atoms with van der Waals surface area (Å²) in [5, 5.41) is 11.1. The minimum Gasteiger partial charge on any atom is -0.493 e. The summed E-state index contributed by atoms with van der Waals surface area (Å²) in [4.78, 5) is 25.8. The molecule has 0 saturated carbocycles. The Hall–Kier alpha value is -3.65. The number of hydrazone groups is 1. The molecule has 182 valence electrons. The Labute approximate surface area is 209 Å². The molecule has 1 atom stereocenters. The van der Waals surface area contributed by atoms with Gasteiger partial charge in [0.25, 0.3) is 5.91 Å². The first-order valence-corrected chi connectivity index (χ1v) is 12.5. The van der Waals surface area contributed by atoms with Gasteiger partial charge >= 0.3 is 0 Å². The zero-order valence-corrected chi connectivity index (χ0v) is 20.9. The number of methoxy groups -OCH3 is 1. The molecule has 2 heterocycles. The smallest absolute Gasteiger partial charge is 0.265 e. The average molecular weight is 492 g/mol. The van der Waals surface area contributed by atoms with Crippen molar-refractivity contribution in [2.45, 2.75) is 33.2 Å². The van der Waals surface area contributed by atoms with E-state index in [1.54, 1.807) is 13.2 Å². The summed E-state index contributed by atoms with van der Waals surface area (Å²) >= 11 is 1.40. The van der Waals surface area contributed by atoms with Crippen molar-refractivity contribution in [3.05, 3.63) is 76.0 Å². The largest absolute Gasteiger partial charge is 0.493 e. The highest BCUT2D eigenvalue weighted by Crippen LogP contribution is 2.32. The summed E-state index contributed by atoms with van der Waals surface area (Å²) in [6.45, 7) is 4.90. The highest BCUT2D eigenvalue weighted by atomic mass is 32.1. The van der Waals surface area contributed by atoms with Gasteiger partial charge in [-0.25, -0.2) is 5.01 Å². The third-order valence-corrected chi connectivity index (χ3v) is 6.73. The number of ether oxygens (including phenoxy) is 2. The van der Waals surface area contributed by atoms with E-state index in [1.807, 2.05) is 60.8 Å². The van der Waals surface area contributed by atoms with E-state index >= 15 is 0 Å². The van der Waals surface area contributed by atoms with Crippen molar-refractivity contribution >= 4 is 34.6 Å². The SMILES string of the molecule is CCOc1ccc(C2=NN(Cc3ccc(NC(=O)c4cccs4)cc3)C(=O)CC2CC)cc1OC. The van der Waals surface area contributed by atoms with Crippen LogP contribution in [0, 0.1) is 5.92 Å². The number of carbonyl (C=O) groups is 2. The molecule has 8 heteroatoms. The van der Waals surface area contributed by atoms with E-state index in [0.717, 1.165) is 23.3 Å². The lowest BCUT2D eigenvalue weighted by Gasteiger charge is -2.29. The summed E-state index contributed by atoms with van der Waals surface area (Å²) in [5.74, 6) is 1.22. The van der Waals surface area contributed by atoms with Crippen molar-refractivity contribution < 1.29 is 19.1 Å². The van der Waals surface area contributed by atoms with Crippen LogP contribution in [0.15, 0.2) is 65.1 Å². The molecule has 0 saturated heterocycles. The number of rotatable bonds is 9. The number of carbonyl (C=O) groups excluding carboxylic acids is 2. The minimum absolute atomic E-state index is 0.00595. The fraction of sp³-hybridized carbons (Fsp3) is 0.296. The summed E-state index contributed by atoms with van der Waals surface area (Å²) in [7, 11) is 1.62. The van der Waals surface area contributed by atoms with E-state index in [-0.39, 0.29) is 17.7 Å². The number of benzene rings is 2. The first-order chi connectivity index (χ1) is 17.0. The quantitative estimate of drug-likeness (QED) is 0.424. The van der Waals surface area contributed by atoms with Gasteiger partial charge in [0, 0.05) is 23.6 Å². The molecule has 1 N–H and O–H groups in total. The first kappa shape index (κ1) is 24.5. The predicted molar refractivity (Wildman–Crippen MR) is 138 cm³/mol. The minimum atomic E-state index is -0.135. The van der Waals surface area contributed by atoms with E-state index in [1.165, 1.54) is 16.3 Å². The molecule has 1 unspecified atom stereocenters. The van der Waals surface area contributed by atoms with Crippen LogP contribution in [-0.2, 0) is 11.3 Å². The van der Waals surface area contributed by atoms with Gasteiger partial charge in [-0.2, -0.15) is 5.10 Å². The van der Waals surface area contributed by atoms with E-state index in [4.69, 9.17) is 14.6 Å². The van der Waals surface area contributed by atoms with E-state index in [9.17, 15) is 9.59 Å². The molecule has 35 heavy (non-hydrogen) atoms.